The number of hydrogen-bond acceptors (Lipinski definition) is 2. The minimum Gasteiger partial charge on any atom is -0.336 e. The molecule has 0 aromatic heterocycles. The molecule has 4 heteroatoms. The number of nitrogens with two attached hydrogens (primary N) is 1. The largest absolute Gasteiger partial charge is 0.336 e. The van der Waals surface area contributed by atoms with Gasteiger partial charge in [-0.3, -0.25) is 4.79 Å². The van der Waals surface area contributed by atoms with Crippen LogP contribution < -0.4 is 5.73 Å². The second kappa shape index (κ2) is 7.23. The van der Waals surface area contributed by atoms with E-state index in [1.807, 2.05) is 29.2 Å². The maximum absolute atomic E-state index is 12.8. The van der Waals surface area contributed by atoms with Crippen molar-refractivity contribution in [3.8, 4) is 0 Å². The molecule has 0 radical (unpaired) electrons. The Hall–Kier alpha value is -0.870. The number of nitrogens with zero attached hydrogens (tertiary/aromatic N) is 1. The van der Waals surface area contributed by atoms with Crippen LogP contribution in [0, 0.1) is 0 Å². The number of rotatable bonds is 4. The van der Waals surface area contributed by atoms with Crippen LogP contribution in [0.4, 0.5) is 0 Å². The predicted molar refractivity (Wildman–Crippen MR) is 85.7 cm³/mol. The third kappa shape index (κ3) is 3.61. The Morgan fingerprint density at radius 3 is 2.55 bits per heavy atom. The van der Waals surface area contributed by atoms with Crippen LogP contribution in [0.5, 0.6) is 0 Å². The summed E-state index contributed by atoms with van der Waals surface area (Å²) < 4.78 is 0.874. The Bertz CT molecular complexity index is 456. The second-order valence-electron chi connectivity index (χ2n) is 5.55. The van der Waals surface area contributed by atoms with Gasteiger partial charge < -0.3 is 10.6 Å². The molecule has 110 valence electrons. The Labute approximate surface area is 129 Å². The van der Waals surface area contributed by atoms with Gasteiger partial charge in [-0.25, -0.2) is 0 Å². The summed E-state index contributed by atoms with van der Waals surface area (Å²) in [4.78, 5) is 14.8. The highest BCUT2D eigenvalue weighted by atomic mass is 79.9. The number of halogens is 1. The van der Waals surface area contributed by atoms with E-state index in [4.69, 9.17) is 5.73 Å². The first-order valence-electron chi connectivity index (χ1n) is 7.44. The fourth-order valence-corrected chi connectivity index (χ4v) is 3.35. The summed E-state index contributed by atoms with van der Waals surface area (Å²) in [6.07, 6.45) is 5.08. The molecule has 1 aromatic rings. The van der Waals surface area contributed by atoms with Gasteiger partial charge in [-0.05, 0) is 60.2 Å². The third-order valence-corrected chi connectivity index (χ3v) is 4.70. The van der Waals surface area contributed by atoms with Crippen LogP contribution >= 0.6 is 15.9 Å². The van der Waals surface area contributed by atoms with Crippen molar-refractivity contribution in [1.82, 2.24) is 4.90 Å². The monoisotopic (exact) mass is 338 g/mol. The molecule has 1 aromatic carbocycles. The van der Waals surface area contributed by atoms with Crippen LogP contribution in [0.15, 0.2) is 28.7 Å². The Balaban J connectivity index is 2.16. The number of amides is 1. The van der Waals surface area contributed by atoms with E-state index >= 15 is 0 Å². The highest BCUT2D eigenvalue weighted by Gasteiger charge is 2.28. The summed E-state index contributed by atoms with van der Waals surface area (Å²) in [5.74, 6) is 0.139. The van der Waals surface area contributed by atoms with Crippen molar-refractivity contribution in [3.05, 3.63) is 34.3 Å². The van der Waals surface area contributed by atoms with Gasteiger partial charge in [0.2, 0.25) is 0 Å². The van der Waals surface area contributed by atoms with Crippen molar-refractivity contribution in [2.75, 3.05) is 6.54 Å². The summed E-state index contributed by atoms with van der Waals surface area (Å²) in [7, 11) is 0. The van der Waals surface area contributed by atoms with Gasteiger partial charge in [-0.15, -0.1) is 0 Å². The molecule has 2 rings (SSSR count). The van der Waals surface area contributed by atoms with Crippen LogP contribution in [0.25, 0.3) is 0 Å². The van der Waals surface area contributed by atoms with Gasteiger partial charge in [0.15, 0.2) is 0 Å². The molecular weight excluding hydrogens is 316 g/mol. The van der Waals surface area contributed by atoms with Crippen LogP contribution in [-0.4, -0.2) is 29.4 Å². The minimum absolute atomic E-state index is 0.139. The predicted octanol–water partition coefficient (Wildman–Crippen LogP) is 3.57. The topological polar surface area (TPSA) is 46.3 Å². The quantitative estimate of drug-likeness (QED) is 0.912. The molecule has 0 atom stereocenters. The molecule has 1 aliphatic carbocycles. The molecule has 0 spiro atoms. The van der Waals surface area contributed by atoms with E-state index in [1.165, 1.54) is 0 Å². The third-order valence-electron chi connectivity index (χ3n) is 4.01. The lowest BCUT2D eigenvalue weighted by Gasteiger charge is -2.36. The van der Waals surface area contributed by atoms with Gasteiger partial charge in [0.05, 0.1) is 5.56 Å². The van der Waals surface area contributed by atoms with E-state index in [-0.39, 0.29) is 5.91 Å². The molecule has 3 nitrogen and oxygen atoms in total. The Morgan fingerprint density at radius 2 is 1.95 bits per heavy atom. The fourth-order valence-electron chi connectivity index (χ4n) is 2.89. The summed E-state index contributed by atoms with van der Waals surface area (Å²) in [5, 5.41) is 0. The highest BCUT2D eigenvalue weighted by Crippen LogP contribution is 2.26. The molecule has 0 heterocycles. The molecule has 1 saturated carbocycles. The van der Waals surface area contributed by atoms with Crippen LogP contribution in [0.1, 0.15) is 49.4 Å². The van der Waals surface area contributed by atoms with Gasteiger partial charge in [0.1, 0.15) is 0 Å². The Kier molecular flexibility index (Phi) is 5.61. The maximum Gasteiger partial charge on any atom is 0.255 e. The molecule has 0 bridgehead atoms. The molecule has 0 aliphatic heterocycles. The zero-order valence-electron chi connectivity index (χ0n) is 12.0. The van der Waals surface area contributed by atoms with Crippen molar-refractivity contribution in [3.63, 3.8) is 0 Å². The minimum atomic E-state index is 0.139. The van der Waals surface area contributed by atoms with E-state index in [9.17, 15) is 4.79 Å². The molecule has 0 unspecified atom stereocenters. The first-order chi connectivity index (χ1) is 9.63. The van der Waals surface area contributed by atoms with Gasteiger partial charge in [0, 0.05) is 23.1 Å². The van der Waals surface area contributed by atoms with Crippen molar-refractivity contribution in [2.45, 2.75) is 51.1 Å². The Morgan fingerprint density at radius 1 is 1.30 bits per heavy atom. The van der Waals surface area contributed by atoms with E-state index in [0.29, 0.717) is 12.1 Å². The number of carbonyl (C=O) groups is 1. The van der Waals surface area contributed by atoms with Crippen LogP contribution in [-0.2, 0) is 0 Å². The van der Waals surface area contributed by atoms with Crippen LogP contribution in [0.2, 0.25) is 0 Å². The number of hydrogen-bond donors (Lipinski definition) is 1. The summed E-state index contributed by atoms with van der Waals surface area (Å²) in [6, 6.07) is 8.32. The van der Waals surface area contributed by atoms with Gasteiger partial charge in [-0.1, -0.05) is 19.1 Å². The normalized spacial score (nSPS) is 22.6. The molecule has 1 aliphatic rings. The zero-order valence-corrected chi connectivity index (χ0v) is 13.6. The smallest absolute Gasteiger partial charge is 0.255 e. The standard InChI is InChI=1S/C16H23BrN2O/c1-2-11-19(13-9-7-12(18)8-10-13)16(20)14-5-3-4-6-15(14)17/h3-6,12-13H,2,7-11,18H2,1H3. The molecule has 1 amide bonds. The second-order valence-corrected chi connectivity index (χ2v) is 6.40. The lowest BCUT2D eigenvalue weighted by Crippen LogP contribution is -2.44. The SMILES string of the molecule is CCCN(C(=O)c1ccccc1Br)C1CCC(N)CC1. The summed E-state index contributed by atoms with van der Waals surface area (Å²) in [6.45, 7) is 2.94. The molecule has 2 N–H and O–H groups in total. The summed E-state index contributed by atoms with van der Waals surface area (Å²) >= 11 is 3.48. The van der Waals surface area contributed by atoms with Gasteiger partial charge >= 0.3 is 0 Å². The highest BCUT2D eigenvalue weighted by molar-refractivity contribution is 9.10. The lowest BCUT2D eigenvalue weighted by atomic mass is 9.90. The fraction of sp³-hybridized carbons (Fsp3) is 0.562. The van der Waals surface area contributed by atoms with Crippen molar-refractivity contribution in [1.29, 1.82) is 0 Å². The summed E-state index contributed by atoms with van der Waals surface area (Å²) in [5.41, 5.74) is 6.73. The van der Waals surface area contributed by atoms with Crippen molar-refractivity contribution < 1.29 is 4.79 Å². The number of benzene rings is 1. The first kappa shape index (κ1) is 15.5. The van der Waals surface area contributed by atoms with E-state index in [1.54, 1.807) is 0 Å². The molecule has 20 heavy (non-hydrogen) atoms. The maximum atomic E-state index is 12.8. The van der Waals surface area contributed by atoms with Gasteiger partial charge in [0.25, 0.3) is 5.91 Å². The average Bonchev–Trinajstić information content (AvgIpc) is 2.46. The van der Waals surface area contributed by atoms with Gasteiger partial charge in [-0.2, -0.15) is 0 Å². The van der Waals surface area contributed by atoms with E-state index in [0.717, 1.165) is 48.7 Å². The van der Waals surface area contributed by atoms with Crippen molar-refractivity contribution >= 4 is 21.8 Å². The first-order valence-corrected chi connectivity index (χ1v) is 8.23. The lowest BCUT2D eigenvalue weighted by molar-refractivity contribution is 0.0626. The van der Waals surface area contributed by atoms with E-state index < -0.39 is 0 Å². The van der Waals surface area contributed by atoms with Crippen LogP contribution in [0.3, 0.4) is 0 Å². The van der Waals surface area contributed by atoms with Crippen molar-refractivity contribution in [2.24, 2.45) is 5.73 Å². The molecule has 1 fully saturated rings. The van der Waals surface area contributed by atoms with E-state index in [2.05, 4.69) is 22.9 Å². The molecule has 0 saturated heterocycles. The average molecular weight is 339 g/mol. The number of carbonyl (C=O) groups excluding carboxylic acids is 1. The molecular formula is C16H23BrN2O. The zero-order chi connectivity index (χ0) is 14.5.